The number of hydrogen-bond donors (Lipinski definition) is 2. The van der Waals surface area contributed by atoms with Gasteiger partial charge in [0.1, 0.15) is 6.61 Å². The Kier molecular flexibility index (Phi) is 6.91. The van der Waals surface area contributed by atoms with Gasteiger partial charge in [-0.15, -0.1) is 0 Å². The number of benzene rings is 2. The van der Waals surface area contributed by atoms with E-state index in [1.54, 1.807) is 18.7 Å². The first-order valence-corrected chi connectivity index (χ1v) is 11.9. The van der Waals surface area contributed by atoms with Crippen molar-refractivity contribution < 1.29 is 24.2 Å². The van der Waals surface area contributed by atoms with Gasteiger partial charge in [0.15, 0.2) is 0 Å². The monoisotopic (exact) mass is 464 g/mol. The van der Waals surface area contributed by atoms with Crippen molar-refractivity contribution in [2.24, 2.45) is 11.3 Å². The van der Waals surface area contributed by atoms with Gasteiger partial charge in [0.2, 0.25) is 5.91 Å². The Morgan fingerprint density at radius 3 is 2.29 bits per heavy atom. The molecule has 180 valence electrons. The average Bonchev–Trinajstić information content (AvgIpc) is 3.14. The van der Waals surface area contributed by atoms with Gasteiger partial charge < -0.3 is 20.1 Å². The number of aliphatic carboxylic acids is 1. The highest BCUT2D eigenvalue weighted by atomic mass is 16.5. The van der Waals surface area contributed by atoms with E-state index in [2.05, 4.69) is 29.6 Å². The quantitative estimate of drug-likeness (QED) is 0.638. The molecule has 2 aromatic rings. The second kappa shape index (κ2) is 9.87. The smallest absolute Gasteiger partial charge is 0.407 e. The Balaban J connectivity index is 1.31. The highest BCUT2D eigenvalue weighted by Crippen LogP contribution is 2.44. The van der Waals surface area contributed by atoms with E-state index in [0.717, 1.165) is 24.0 Å². The highest BCUT2D eigenvalue weighted by molar-refractivity contribution is 5.83. The molecule has 0 saturated carbocycles. The van der Waals surface area contributed by atoms with Gasteiger partial charge in [-0.3, -0.25) is 9.59 Å². The fourth-order valence-electron chi connectivity index (χ4n) is 5.11. The number of carboxylic acid groups (broad SMARTS) is 1. The maximum absolute atomic E-state index is 13.1. The summed E-state index contributed by atoms with van der Waals surface area (Å²) in [4.78, 5) is 38.4. The first-order chi connectivity index (χ1) is 16.3. The van der Waals surface area contributed by atoms with Gasteiger partial charge in [0.05, 0.1) is 5.41 Å². The fraction of sp³-hybridized carbons (Fsp3) is 0.444. The Labute approximate surface area is 200 Å². The number of carboxylic acids is 1. The molecule has 2 aromatic carbocycles. The lowest BCUT2D eigenvalue weighted by Crippen LogP contribution is -2.50. The molecule has 1 heterocycles. The topological polar surface area (TPSA) is 95.9 Å². The van der Waals surface area contributed by atoms with E-state index in [1.807, 2.05) is 24.3 Å². The molecule has 7 nitrogen and oxygen atoms in total. The summed E-state index contributed by atoms with van der Waals surface area (Å²) in [6.45, 7) is 5.00. The molecule has 7 heteroatoms. The predicted molar refractivity (Wildman–Crippen MR) is 128 cm³/mol. The largest absolute Gasteiger partial charge is 0.481 e. The van der Waals surface area contributed by atoms with Crippen LogP contribution in [-0.2, 0) is 14.3 Å². The SMILES string of the molecule is CC(C)(CNC(=O)OCC1c2ccccc2-c2ccccc21)C(=O)N1CCCC(CC(=O)O)C1. The first kappa shape index (κ1) is 23.8. The van der Waals surface area contributed by atoms with Crippen LogP contribution in [-0.4, -0.2) is 54.2 Å². The minimum atomic E-state index is -0.838. The first-order valence-electron chi connectivity index (χ1n) is 11.9. The van der Waals surface area contributed by atoms with Crippen LogP contribution in [0.15, 0.2) is 48.5 Å². The molecular weight excluding hydrogens is 432 g/mol. The van der Waals surface area contributed by atoms with Crippen LogP contribution in [0.1, 0.15) is 50.2 Å². The van der Waals surface area contributed by atoms with Crippen LogP contribution >= 0.6 is 0 Å². The lowest BCUT2D eigenvalue weighted by molar-refractivity contribution is -0.144. The van der Waals surface area contributed by atoms with Crippen LogP contribution in [0.25, 0.3) is 11.1 Å². The summed E-state index contributed by atoms with van der Waals surface area (Å²) < 4.78 is 5.58. The molecule has 0 aromatic heterocycles. The molecule has 0 bridgehead atoms. The molecule has 1 aliphatic carbocycles. The van der Waals surface area contributed by atoms with Gasteiger partial charge in [0, 0.05) is 32.0 Å². The lowest BCUT2D eigenvalue weighted by Gasteiger charge is -2.37. The molecule has 1 saturated heterocycles. The molecule has 4 rings (SSSR count). The Morgan fingerprint density at radius 1 is 1.06 bits per heavy atom. The maximum atomic E-state index is 13.1. The third-order valence-electron chi connectivity index (χ3n) is 6.87. The third kappa shape index (κ3) is 5.08. The zero-order valence-electron chi connectivity index (χ0n) is 19.8. The van der Waals surface area contributed by atoms with E-state index < -0.39 is 17.5 Å². The molecule has 2 aliphatic rings. The van der Waals surface area contributed by atoms with Crippen LogP contribution < -0.4 is 5.32 Å². The molecular formula is C27H32N2O5. The third-order valence-corrected chi connectivity index (χ3v) is 6.87. The summed E-state index contributed by atoms with van der Waals surface area (Å²) >= 11 is 0. The average molecular weight is 465 g/mol. The molecule has 2 N–H and O–H groups in total. The van der Waals surface area contributed by atoms with E-state index in [9.17, 15) is 14.4 Å². The number of amides is 2. The van der Waals surface area contributed by atoms with Crippen molar-refractivity contribution in [3.63, 3.8) is 0 Å². The van der Waals surface area contributed by atoms with Crippen molar-refractivity contribution in [2.75, 3.05) is 26.2 Å². The van der Waals surface area contributed by atoms with Gasteiger partial charge in [-0.2, -0.15) is 0 Å². The number of fused-ring (bicyclic) bond motifs is 3. The minimum Gasteiger partial charge on any atom is -0.481 e. The summed E-state index contributed by atoms with van der Waals surface area (Å²) in [5.41, 5.74) is 3.81. The van der Waals surface area contributed by atoms with Crippen molar-refractivity contribution in [2.45, 2.75) is 39.0 Å². The normalized spacial score (nSPS) is 17.6. The summed E-state index contributed by atoms with van der Waals surface area (Å²) in [5, 5.41) is 11.8. The number of alkyl carbamates (subject to hydrolysis) is 1. The number of piperidine rings is 1. The number of carbonyl (C=O) groups excluding carboxylic acids is 2. The van der Waals surface area contributed by atoms with E-state index in [-0.39, 0.29) is 37.3 Å². The van der Waals surface area contributed by atoms with Crippen molar-refractivity contribution in [3.05, 3.63) is 59.7 Å². The van der Waals surface area contributed by atoms with Crippen LogP contribution in [0.5, 0.6) is 0 Å². The summed E-state index contributed by atoms with van der Waals surface area (Å²) in [6.07, 6.45) is 1.13. The summed E-state index contributed by atoms with van der Waals surface area (Å²) in [5.74, 6) is -0.967. The van der Waals surface area contributed by atoms with Gasteiger partial charge in [0.25, 0.3) is 0 Å². The maximum Gasteiger partial charge on any atom is 0.407 e. The molecule has 0 spiro atoms. The molecule has 1 aliphatic heterocycles. The van der Waals surface area contributed by atoms with Crippen molar-refractivity contribution >= 4 is 18.0 Å². The summed E-state index contributed by atoms with van der Waals surface area (Å²) in [6, 6.07) is 16.3. The van der Waals surface area contributed by atoms with Crippen LogP contribution in [0.3, 0.4) is 0 Å². The molecule has 0 radical (unpaired) electrons. The van der Waals surface area contributed by atoms with Crippen molar-refractivity contribution in [1.29, 1.82) is 0 Å². The number of rotatable bonds is 7. The number of likely N-dealkylation sites (tertiary alicyclic amines) is 1. The molecule has 1 fully saturated rings. The molecule has 1 unspecified atom stereocenters. The van der Waals surface area contributed by atoms with E-state index in [0.29, 0.717) is 13.1 Å². The fourth-order valence-corrected chi connectivity index (χ4v) is 5.11. The molecule has 1 atom stereocenters. The van der Waals surface area contributed by atoms with Gasteiger partial charge in [-0.05, 0) is 54.9 Å². The van der Waals surface area contributed by atoms with E-state index >= 15 is 0 Å². The Morgan fingerprint density at radius 2 is 1.68 bits per heavy atom. The zero-order valence-corrected chi connectivity index (χ0v) is 19.8. The van der Waals surface area contributed by atoms with Crippen molar-refractivity contribution in [1.82, 2.24) is 10.2 Å². The van der Waals surface area contributed by atoms with Gasteiger partial charge in [-0.1, -0.05) is 48.5 Å². The molecule has 34 heavy (non-hydrogen) atoms. The minimum absolute atomic E-state index is 0.0210. The summed E-state index contributed by atoms with van der Waals surface area (Å²) in [7, 11) is 0. The standard InChI is InChI=1S/C27H32N2O5/c1-27(2,25(32)29-13-7-8-18(15-29)14-24(30)31)17-28-26(33)34-16-23-21-11-5-3-9-19(21)20-10-4-6-12-22(20)23/h3-6,9-12,18,23H,7-8,13-17H2,1-2H3,(H,28,33)(H,30,31). The van der Waals surface area contributed by atoms with Crippen molar-refractivity contribution in [3.8, 4) is 11.1 Å². The number of hydrogen-bond acceptors (Lipinski definition) is 4. The lowest BCUT2D eigenvalue weighted by atomic mass is 9.88. The Hall–Kier alpha value is -3.35. The van der Waals surface area contributed by atoms with Gasteiger partial charge in [-0.25, -0.2) is 4.79 Å². The van der Waals surface area contributed by atoms with Crippen LogP contribution in [0.4, 0.5) is 4.79 Å². The zero-order chi connectivity index (χ0) is 24.3. The number of nitrogens with zero attached hydrogens (tertiary/aromatic N) is 1. The Bertz CT molecular complexity index is 1030. The van der Waals surface area contributed by atoms with Crippen LogP contribution in [0.2, 0.25) is 0 Å². The number of ether oxygens (including phenoxy) is 1. The van der Waals surface area contributed by atoms with Gasteiger partial charge >= 0.3 is 12.1 Å². The molecule has 2 amide bonds. The number of carbonyl (C=O) groups is 3. The van der Waals surface area contributed by atoms with E-state index in [1.165, 1.54) is 11.1 Å². The van der Waals surface area contributed by atoms with E-state index in [4.69, 9.17) is 9.84 Å². The second-order valence-electron chi connectivity index (χ2n) is 9.92. The van der Waals surface area contributed by atoms with Crippen LogP contribution in [0, 0.1) is 11.3 Å². The highest BCUT2D eigenvalue weighted by Gasteiger charge is 2.36. The number of nitrogens with one attached hydrogen (secondary N) is 1. The second-order valence-corrected chi connectivity index (χ2v) is 9.92. The predicted octanol–water partition coefficient (Wildman–Crippen LogP) is 4.26.